The molecule has 0 fully saturated rings. The molecule has 0 aliphatic carbocycles. The van der Waals surface area contributed by atoms with E-state index in [0.717, 1.165) is 4.47 Å². The third-order valence-electron chi connectivity index (χ3n) is 1.93. The van der Waals surface area contributed by atoms with E-state index in [1.54, 1.807) is 12.1 Å². The topological polar surface area (TPSA) is 91.3 Å². The average molecular weight is 267 g/mol. The first-order chi connectivity index (χ1) is 7.08. The molecule has 1 aliphatic heterocycles. The number of nitrogens with zero attached hydrogens (tertiary/aromatic N) is 1. The van der Waals surface area contributed by atoms with Crippen LogP contribution in [0, 0.1) is 5.41 Å². The van der Waals surface area contributed by atoms with E-state index in [-0.39, 0.29) is 17.6 Å². The highest BCUT2D eigenvalue weighted by atomic mass is 79.9. The number of amides is 1. The van der Waals surface area contributed by atoms with Gasteiger partial charge in [0.1, 0.15) is 5.71 Å². The summed E-state index contributed by atoms with van der Waals surface area (Å²) in [6.07, 6.45) is 0. The van der Waals surface area contributed by atoms with Crippen LogP contribution in [0.3, 0.4) is 0 Å². The van der Waals surface area contributed by atoms with Crippen molar-refractivity contribution in [1.82, 2.24) is 0 Å². The Bertz CT molecular complexity index is 495. The molecule has 1 aromatic carbocycles. The van der Waals surface area contributed by atoms with Crippen LogP contribution in [0.15, 0.2) is 27.7 Å². The Morgan fingerprint density at radius 3 is 2.93 bits per heavy atom. The number of benzene rings is 1. The molecule has 0 aromatic heterocycles. The van der Waals surface area contributed by atoms with E-state index in [1.165, 1.54) is 0 Å². The van der Waals surface area contributed by atoms with Gasteiger partial charge in [-0.15, -0.1) is 0 Å². The summed E-state index contributed by atoms with van der Waals surface area (Å²) in [6.45, 7) is 0. The molecule has 1 heterocycles. The molecule has 5 nitrogen and oxygen atoms in total. The molecule has 0 saturated carbocycles. The van der Waals surface area contributed by atoms with Crippen LogP contribution in [0.25, 0.3) is 0 Å². The summed E-state index contributed by atoms with van der Waals surface area (Å²) in [7, 11) is 0. The second kappa shape index (κ2) is 3.47. The quantitative estimate of drug-likeness (QED) is 0.485. The maximum atomic E-state index is 11.5. The summed E-state index contributed by atoms with van der Waals surface area (Å²) in [5, 5.41) is 9.68. The van der Waals surface area contributed by atoms with Gasteiger partial charge < -0.3 is 11.1 Å². The number of nitrogens with one attached hydrogen (secondary N) is 2. The van der Waals surface area contributed by atoms with Gasteiger partial charge in [-0.1, -0.05) is 15.9 Å². The van der Waals surface area contributed by atoms with Gasteiger partial charge in [0.25, 0.3) is 5.91 Å². The van der Waals surface area contributed by atoms with Gasteiger partial charge in [0.2, 0.25) is 5.96 Å². The maximum absolute atomic E-state index is 11.5. The van der Waals surface area contributed by atoms with Gasteiger partial charge in [-0.2, -0.15) is 0 Å². The molecule has 1 amide bonds. The first-order valence-electron chi connectivity index (χ1n) is 4.12. The number of guanidine groups is 1. The highest BCUT2D eigenvalue weighted by Crippen LogP contribution is 2.26. The van der Waals surface area contributed by atoms with Crippen LogP contribution in [-0.4, -0.2) is 17.6 Å². The Morgan fingerprint density at radius 1 is 1.53 bits per heavy atom. The van der Waals surface area contributed by atoms with Gasteiger partial charge in [-0.05, 0) is 18.2 Å². The van der Waals surface area contributed by atoms with Crippen LogP contribution in [0.1, 0.15) is 5.56 Å². The molecule has 1 aromatic rings. The third kappa shape index (κ3) is 1.75. The summed E-state index contributed by atoms with van der Waals surface area (Å²) in [4.78, 5) is 15.2. The minimum Gasteiger partial charge on any atom is -0.368 e. The second-order valence-corrected chi connectivity index (χ2v) is 3.91. The molecule has 6 heteroatoms. The lowest BCUT2D eigenvalue weighted by Crippen LogP contribution is -2.18. The minimum atomic E-state index is -0.382. The van der Waals surface area contributed by atoms with E-state index in [4.69, 9.17) is 11.1 Å². The molecule has 1 aliphatic rings. The van der Waals surface area contributed by atoms with Crippen LogP contribution >= 0.6 is 15.9 Å². The number of carbonyl (C=O) groups is 1. The van der Waals surface area contributed by atoms with Crippen molar-refractivity contribution in [2.75, 3.05) is 5.32 Å². The van der Waals surface area contributed by atoms with Crippen molar-refractivity contribution in [3.05, 3.63) is 28.2 Å². The Kier molecular flexibility index (Phi) is 2.28. The Morgan fingerprint density at radius 2 is 2.27 bits per heavy atom. The van der Waals surface area contributed by atoms with E-state index in [0.29, 0.717) is 11.3 Å². The Labute approximate surface area is 94.0 Å². The van der Waals surface area contributed by atoms with Crippen molar-refractivity contribution in [2.45, 2.75) is 0 Å². The standard InChI is InChI=1S/C9H7BrN4O/c10-4-1-2-6-5(3-4)7(8(15)13-6)14-9(11)12/h1-3H,(H4,11,12,13,14,15). The smallest absolute Gasteiger partial charge is 0.275 e. The first-order valence-corrected chi connectivity index (χ1v) is 4.91. The average Bonchev–Trinajstić information content (AvgIpc) is 2.43. The van der Waals surface area contributed by atoms with Gasteiger partial charge >= 0.3 is 0 Å². The lowest BCUT2D eigenvalue weighted by molar-refractivity contribution is -0.110. The van der Waals surface area contributed by atoms with Gasteiger partial charge in [-0.3, -0.25) is 10.2 Å². The minimum absolute atomic E-state index is 0.179. The number of nitrogens with two attached hydrogens (primary N) is 1. The summed E-state index contributed by atoms with van der Waals surface area (Å²) < 4.78 is 0.842. The molecule has 2 rings (SSSR count). The predicted molar refractivity (Wildman–Crippen MR) is 61.2 cm³/mol. The summed E-state index contributed by atoms with van der Waals surface area (Å²) in [5.74, 6) is -0.716. The number of halogens is 1. The number of aliphatic imine (C=N–C) groups is 1. The third-order valence-corrected chi connectivity index (χ3v) is 2.43. The van der Waals surface area contributed by atoms with Crippen molar-refractivity contribution in [3.63, 3.8) is 0 Å². The number of hydrogen-bond donors (Lipinski definition) is 3. The molecule has 0 unspecified atom stereocenters. The molecular weight excluding hydrogens is 260 g/mol. The summed E-state index contributed by atoms with van der Waals surface area (Å²) in [6, 6.07) is 5.34. The van der Waals surface area contributed by atoms with E-state index in [9.17, 15) is 4.79 Å². The lowest BCUT2D eigenvalue weighted by Gasteiger charge is -1.97. The number of carbonyl (C=O) groups excluding carboxylic acids is 1. The van der Waals surface area contributed by atoms with Crippen LogP contribution in [-0.2, 0) is 4.79 Å². The zero-order chi connectivity index (χ0) is 11.0. The van der Waals surface area contributed by atoms with Crippen LogP contribution in [0.5, 0.6) is 0 Å². The van der Waals surface area contributed by atoms with Crippen LogP contribution in [0.4, 0.5) is 5.69 Å². The van der Waals surface area contributed by atoms with E-state index in [1.807, 2.05) is 6.07 Å². The molecule has 0 atom stereocenters. The normalized spacial score (nSPS) is 16.3. The number of fused-ring (bicyclic) bond motifs is 1. The van der Waals surface area contributed by atoms with Gasteiger partial charge in [0.15, 0.2) is 0 Å². The Balaban J connectivity index is 2.58. The molecule has 0 spiro atoms. The lowest BCUT2D eigenvalue weighted by atomic mass is 10.1. The monoisotopic (exact) mass is 266 g/mol. The molecule has 15 heavy (non-hydrogen) atoms. The van der Waals surface area contributed by atoms with Crippen molar-refractivity contribution in [1.29, 1.82) is 5.41 Å². The number of rotatable bonds is 0. The highest BCUT2D eigenvalue weighted by Gasteiger charge is 2.26. The van der Waals surface area contributed by atoms with E-state index >= 15 is 0 Å². The maximum Gasteiger partial charge on any atom is 0.275 e. The number of hydrogen-bond acceptors (Lipinski definition) is 2. The first kappa shape index (κ1) is 9.85. The predicted octanol–water partition coefficient (Wildman–Crippen LogP) is 1.08. The zero-order valence-electron chi connectivity index (χ0n) is 7.54. The Hall–Kier alpha value is -1.69. The fraction of sp³-hybridized carbons (Fsp3) is 0. The summed E-state index contributed by atoms with van der Waals surface area (Å²) >= 11 is 3.30. The fourth-order valence-corrected chi connectivity index (χ4v) is 1.72. The van der Waals surface area contributed by atoms with Crippen molar-refractivity contribution in [3.8, 4) is 0 Å². The molecule has 0 saturated heterocycles. The van der Waals surface area contributed by atoms with Crippen molar-refractivity contribution < 1.29 is 4.79 Å². The van der Waals surface area contributed by atoms with Gasteiger partial charge in [0, 0.05) is 10.0 Å². The summed E-state index contributed by atoms with van der Waals surface area (Å²) in [5.41, 5.74) is 6.65. The molecule has 76 valence electrons. The molecule has 4 N–H and O–H groups in total. The molecule has 0 radical (unpaired) electrons. The van der Waals surface area contributed by atoms with Gasteiger partial charge in [0.05, 0.1) is 5.69 Å². The largest absolute Gasteiger partial charge is 0.368 e. The number of anilines is 1. The van der Waals surface area contributed by atoms with Crippen LogP contribution in [0.2, 0.25) is 0 Å². The molecular formula is C9H7BrN4O. The van der Waals surface area contributed by atoms with E-state index in [2.05, 4.69) is 26.2 Å². The fourth-order valence-electron chi connectivity index (χ4n) is 1.36. The van der Waals surface area contributed by atoms with Crippen LogP contribution < -0.4 is 11.1 Å². The van der Waals surface area contributed by atoms with E-state index < -0.39 is 0 Å². The molecule has 0 bridgehead atoms. The van der Waals surface area contributed by atoms with Gasteiger partial charge in [-0.25, -0.2) is 4.99 Å². The zero-order valence-corrected chi connectivity index (χ0v) is 9.13. The second-order valence-electron chi connectivity index (χ2n) is 2.99. The SMILES string of the molecule is N=C(N)/N=C1\C(=O)Nc2ccc(Br)cc21. The highest BCUT2D eigenvalue weighted by molar-refractivity contribution is 9.10. The van der Waals surface area contributed by atoms with Crippen molar-refractivity contribution in [2.24, 2.45) is 10.7 Å². The van der Waals surface area contributed by atoms with Crippen molar-refractivity contribution >= 4 is 39.2 Å².